The molecule has 208 valence electrons. The van der Waals surface area contributed by atoms with Gasteiger partial charge in [-0.1, -0.05) is 13.0 Å². The number of nitrogens with zero attached hydrogens (tertiary/aromatic N) is 5. The lowest BCUT2D eigenvalue weighted by atomic mass is 10.0. The second-order valence-corrected chi connectivity index (χ2v) is 9.93. The quantitative estimate of drug-likeness (QED) is 0.392. The molecule has 1 saturated heterocycles. The van der Waals surface area contributed by atoms with E-state index in [1.54, 1.807) is 30.2 Å². The molecule has 2 aliphatic heterocycles. The molecule has 2 aliphatic rings. The molecule has 10 heteroatoms. The number of hydrogen-bond donors (Lipinski definition) is 2. The van der Waals surface area contributed by atoms with Crippen molar-refractivity contribution in [2.45, 2.75) is 26.7 Å². The molecule has 1 fully saturated rings. The Balaban J connectivity index is 1.37. The number of aliphatic imine (C=N–C) groups is 1. The third-order valence-corrected chi connectivity index (χ3v) is 7.19. The number of pyridine rings is 1. The van der Waals surface area contributed by atoms with E-state index in [0.29, 0.717) is 43.4 Å². The van der Waals surface area contributed by atoms with E-state index in [2.05, 4.69) is 27.1 Å². The molecule has 3 heterocycles. The van der Waals surface area contributed by atoms with Gasteiger partial charge < -0.3 is 30.5 Å². The Labute approximate surface area is 230 Å². The summed E-state index contributed by atoms with van der Waals surface area (Å²) in [7, 11) is 1.87. The van der Waals surface area contributed by atoms with Crippen LogP contribution in [0.1, 0.15) is 42.6 Å². The van der Waals surface area contributed by atoms with Gasteiger partial charge in [-0.05, 0) is 80.7 Å². The number of nitrogens with two attached hydrogens (primary N) is 1. The highest BCUT2D eigenvalue weighted by Crippen LogP contribution is 2.29. The first-order valence-corrected chi connectivity index (χ1v) is 13.6. The Hall–Kier alpha value is -3.92. The van der Waals surface area contributed by atoms with Gasteiger partial charge in [0.25, 0.3) is 5.91 Å². The average Bonchev–Trinajstić information content (AvgIpc) is 3.41. The Morgan fingerprint density at radius 2 is 2.00 bits per heavy atom. The van der Waals surface area contributed by atoms with Gasteiger partial charge in [-0.2, -0.15) is 4.99 Å². The summed E-state index contributed by atoms with van der Waals surface area (Å²) in [5.74, 6) is 1.23. The van der Waals surface area contributed by atoms with Crippen LogP contribution in [0.5, 0.6) is 0 Å². The van der Waals surface area contributed by atoms with Crippen molar-refractivity contribution >= 4 is 35.0 Å². The monoisotopic (exact) mass is 533 g/mol. The number of carbonyl (C=O) groups is 2. The predicted molar refractivity (Wildman–Crippen MR) is 154 cm³/mol. The molecule has 1 unspecified atom stereocenters. The van der Waals surface area contributed by atoms with E-state index in [1.165, 1.54) is 0 Å². The minimum Gasteiger partial charge on any atom is -0.450 e. The summed E-state index contributed by atoms with van der Waals surface area (Å²) >= 11 is 0. The smallest absolute Gasteiger partial charge is 0.410 e. The Bertz CT molecular complexity index is 1210. The van der Waals surface area contributed by atoms with Crippen LogP contribution in [0.25, 0.3) is 5.57 Å². The third kappa shape index (κ3) is 7.35. The van der Waals surface area contributed by atoms with Gasteiger partial charge >= 0.3 is 6.09 Å². The third-order valence-electron chi connectivity index (χ3n) is 7.19. The van der Waals surface area contributed by atoms with E-state index < -0.39 is 0 Å². The average molecular weight is 534 g/mol. The highest BCUT2D eigenvalue weighted by molar-refractivity contribution is 5.97. The molecule has 2 aromatic rings. The molecule has 0 spiro atoms. The van der Waals surface area contributed by atoms with Crippen LogP contribution in [0, 0.1) is 5.92 Å². The Kier molecular flexibility index (Phi) is 9.54. The largest absolute Gasteiger partial charge is 0.450 e. The maximum absolute atomic E-state index is 12.9. The number of rotatable bonds is 8. The maximum Gasteiger partial charge on any atom is 0.410 e. The number of likely N-dealkylation sites (tertiary alicyclic amines) is 1. The van der Waals surface area contributed by atoms with E-state index in [9.17, 15) is 9.59 Å². The lowest BCUT2D eigenvalue weighted by Gasteiger charge is -2.26. The van der Waals surface area contributed by atoms with Crippen molar-refractivity contribution in [1.82, 2.24) is 19.7 Å². The molecule has 2 amide bonds. The van der Waals surface area contributed by atoms with Crippen LogP contribution in [0.15, 0.2) is 53.7 Å². The summed E-state index contributed by atoms with van der Waals surface area (Å²) in [6, 6.07) is 11.1. The summed E-state index contributed by atoms with van der Waals surface area (Å²) in [5.41, 5.74) is 9.52. The lowest BCUT2D eigenvalue weighted by molar-refractivity contribution is 0.0773. The van der Waals surface area contributed by atoms with Crippen LogP contribution in [0.4, 0.5) is 16.3 Å². The fourth-order valence-electron chi connectivity index (χ4n) is 5.06. The normalized spacial score (nSPS) is 18.0. The summed E-state index contributed by atoms with van der Waals surface area (Å²) in [6.07, 6.45) is 5.17. The van der Waals surface area contributed by atoms with Crippen LogP contribution in [0.2, 0.25) is 0 Å². The molecule has 39 heavy (non-hydrogen) atoms. The summed E-state index contributed by atoms with van der Waals surface area (Å²) in [4.78, 5) is 39.8. The van der Waals surface area contributed by atoms with Crippen LogP contribution < -0.4 is 11.1 Å². The van der Waals surface area contributed by atoms with E-state index in [1.807, 2.05) is 42.3 Å². The molecule has 0 aliphatic carbocycles. The highest BCUT2D eigenvalue weighted by Gasteiger charge is 2.24. The number of guanidine groups is 1. The van der Waals surface area contributed by atoms with Crippen LogP contribution >= 0.6 is 0 Å². The molecular weight excluding hydrogens is 494 g/mol. The fraction of sp³-hybridized carbons (Fsp3) is 0.448. The standard InChI is InChI=1S/C29H39N7O3/c1-4-35-16-12-21(20-35)19-34(3)27(37)23-8-10-24(11-9-23)32-28(30)33-26-25(7-6-15-31-26)22-13-17-36(18-14-22)29(38)39-5-2/h6-11,13,15,21H,4-5,12,14,16-20H2,1-3H3,(H3,30,31,32,33). The summed E-state index contributed by atoms with van der Waals surface area (Å²) in [5, 5.41) is 3.09. The van der Waals surface area contributed by atoms with Gasteiger partial charge in [0.15, 0.2) is 11.8 Å². The van der Waals surface area contributed by atoms with Gasteiger partial charge in [0.1, 0.15) is 0 Å². The molecule has 1 atom stereocenters. The second kappa shape index (κ2) is 13.2. The first-order valence-electron chi connectivity index (χ1n) is 13.6. The molecule has 0 saturated carbocycles. The topological polar surface area (TPSA) is 116 Å². The van der Waals surface area contributed by atoms with E-state index in [0.717, 1.165) is 49.4 Å². The van der Waals surface area contributed by atoms with Crippen LogP contribution in [-0.2, 0) is 4.74 Å². The van der Waals surface area contributed by atoms with Gasteiger partial charge in [0, 0.05) is 56.2 Å². The molecular formula is C29H39N7O3. The minimum atomic E-state index is -0.304. The number of nitrogens with one attached hydrogen (secondary N) is 1. The zero-order chi connectivity index (χ0) is 27.8. The first-order chi connectivity index (χ1) is 18.9. The van der Waals surface area contributed by atoms with Crippen LogP contribution in [0.3, 0.4) is 0 Å². The molecule has 1 aromatic heterocycles. The zero-order valence-corrected chi connectivity index (χ0v) is 23.1. The van der Waals surface area contributed by atoms with Gasteiger partial charge in [-0.3, -0.25) is 4.79 Å². The number of hydrogen-bond acceptors (Lipinski definition) is 6. The fourth-order valence-corrected chi connectivity index (χ4v) is 5.06. The molecule has 1 aromatic carbocycles. The maximum atomic E-state index is 12.9. The Morgan fingerprint density at radius 1 is 1.21 bits per heavy atom. The van der Waals surface area contributed by atoms with Crippen molar-refractivity contribution in [2.75, 3.05) is 58.2 Å². The van der Waals surface area contributed by atoms with Gasteiger partial charge in [0.05, 0.1) is 6.61 Å². The molecule has 0 radical (unpaired) electrons. The zero-order valence-electron chi connectivity index (χ0n) is 23.1. The van der Waals surface area contributed by atoms with Gasteiger partial charge in [-0.15, -0.1) is 0 Å². The minimum absolute atomic E-state index is 0.0125. The number of anilines is 1. The SMILES string of the molecule is CCOC(=O)N1CC=C(c2cccnc2N=C(N)Nc2ccc(C(=O)N(C)CC3CCN(CC)C3)cc2)CC1. The molecule has 0 bridgehead atoms. The number of benzene rings is 1. The van der Waals surface area contributed by atoms with Crippen molar-refractivity contribution in [3.8, 4) is 0 Å². The van der Waals surface area contributed by atoms with Gasteiger partial charge in [0.2, 0.25) is 0 Å². The summed E-state index contributed by atoms with van der Waals surface area (Å²) < 4.78 is 5.10. The number of amides is 2. The van der Waals surface area contributed by atoms with Crippen molar-refractivity contribution in [3.63, 3.8) is 0 Å². The number of carbonyl (C=O) groups excluding carboxylic acids is 2. The van der Waals surface area contributed by atoms with E-state index in [-0.39, 0.29) is 18.0 Å². The lowest BCUT2D eigenvalue weighted by Crippen LogP contribution is -2.35. The van der Waals surface area contributed by atoms with E-state index >= 15 is 0 Å². The molecule has 3 N–H and O–H groups in total. The molecule has 4 rings (SSSR count). The van der Waals surface area contributed by atoms with E-state index in [4.69, 9.17) is 10.5 Å². The molecule has 10 nitrogen and oxygen atoms in total. The Morgan fingerprint density at radius 3 is 2.67 bits per heavy atom. The van der Waals surface area contributed by atoms with Crippen molar-refractivity contribution in [1.29, 1.82) is 0 Å². The van der Waals surface area contributed by atoms with Crippen molar-refractivity contribution in [2.24, 2.45) is 16.6 Å². The van der Waals surface area contributed by atoms with Crippen molar-refractivity contribution in [3.05, 3.63) is 59.8 Å². The number of ether oxygens (including phenoxy) is 1. The number of aromatic nitrogens is 1. The van der Waals surface area contributed by atoms with Crippen molar-refractivity contribution < 1.29 is 14.3 Å². The van der Waals surface area contributed by atoms with Gasteiger partial charge in [-0.25, -0.2) is 9.78 Å². The highest BCUT2D eigenvalue weighted by atomic mass is 16.6. The van der Waals surface area contributed by atoms with Crippen LogP contribution in [-0.4, -0.2) is 90.6 Å². The first kappa shape index (κ1) is 28.1. The predicted octanol–water partition coefficient (Wildman–Crippen LogP) is 3.80. The summed E-state index contributed by atoms with van der Waals surface area (Å²) in [6.45, 7) is 9.35. The second-order valence-electron chi connectivity index (χ2n) is 9.93.